The van der Waals surface area contributed by atoms with Crippen molar-refractivity contribution in [1.82, 2.24) is 0 Å². The highest BCUT2D eigenvalue weighted by Crippen LogP contribution is 2.24. The van der Waals surface area contributed by atoms with Crippen molar-refractivity contribution < 1.29 is 8.83 Å². The average molecular weight is 498 g/mol. The van der Waals surface area contributed by atoms with E-state index < -0.39 is 0 Å². The maximum Gasteiger partial charge on any atom is 0.147 e. The van der Waals surface area contributed by atoms with E-state index in [2.05, 4.69) is 42.1 Å². The molecule has 6 heteroatoms. The van der Waals surface area contributed by atoms with Gasteiger partial charge in [0.15, 0.2) is 0 Å². The molecule has 0 saturated heterocycles. The van der Waals surface area contributed by atoms with Crippen molar-refractivity contribution in [1.29, 1.82) is 0 Å². The third-order valence-corrected chi connectivity index (χ3v) is 5.00. The molecule has 2 aromatic heterocycles. The summed E-state index contributed by atoms with van der Waals surface area (Å²) in [5.74, 6) is 2.82. The number of halogens is 2. The third-order valence-electron chi connectivity index (χ3n) is 3.95. The van der Waals surface area contributed by atoms with Gasteiger partial charge in [0.25, 0.3) is 0 Å². The Morgan fingerprint density at radius 2 is 0.929 bits per heavy atom. The first kappa shape index (κ1) is 18.7. The van der Waals surface area contributed by atoms with Crippen molar-refractivity contribution in [2.45, 2.75) is 0 Å². The van der Waals surface area contributed by atoms with Gasteiger partial charge in [0.05, 0.1) is 12.4 Å². The minimum atomic E-state index is 0.630. The van der Waals surface area contributed by atoms with Crippen LogP contribution in [0.4, 0.5) is 0 Å². The van der Waals surface area contributed by atoms with Crippen LogP contribution in [0.1, 0.15) is 11.5 Å². The summed E-state index contributed by atoms with van der Waals surface area (Å²) in [5.41, 5.74) is 2.00. The van der Waals surface area contributed by atoms with Crippen molar-refractivity contribution in [3.8, 4) is 22.6 Å². The van der Waals surface area contributed by atoms with Crippen LogP contribution in [0.15, 0.2) is 101 Å². The van der Waals surface area contributed by atoms with Crippen molar-refractivity contribution in [3.05, 3.63) is 93.3 Å². The Balaban J connectivity index is 1.40. The maximum absolute atomic E-state index is 5.77. The van der Waals surface area contributed by atoms with Crippen LogP contribution < -0.4 is 0 Å². The third kappa shape index (κ3) is 4.58. The van der Waals surface area contributed by atoms with Crippen molar-refractivity contribution in [3.63, 3.8) is 0 Å². The molecule has 4 aromatic rings. The second-order valence-electron chi connectivity index (χ2n) is 5.91. The summed E-state index contributed by atoms with van der Waals surface area (Å²) in [4.78, 5) is 0. The van der Waals surface area contributed by atoms with Gasteiger partial charge >= 0.3 is 0 Å². The van der Waals surface area contributed by atoms with Crippen LogP contribution in [0.25, 0.3) is 22.6 Å². The molecule has 0 N–H and O–H groups in total. The minimum absolute atomic E-state index is 0.630. The van der Waals surface area contributed by atoms with Gasteiger partial charge in [-0.1, -0.05) is 56.1 Å². The minimum Gasteiger partial charge on any atom is -0.455 e. The number of hydrogen-bond donors (Lipinski definition) is 0. The van der Waals surface area contributed by atoms with E-state index in [1.54, 1.807) is 12.4 Å². The summed E-state index contributed by atoms with van der Waals surface area (Å²) < 4.78 is 13.6. The number of benzene rings is 2. The highest BCUT2D eigenvalue weighted by Gasteiger charge is 2.04. The van der Waals surface area contributed by atoms with Crippen LogP contribution in [0.2, 0.25) is 0 Å². The summed E-state index contributed by atoms with van der Waals surface area (Å²) in [5, 5.41) is 8.06. The molecule has 2 heterocycles. The first-order chi connectivity index (χ1) is 13.7. The molecule has 2 aromatic carbocycles. The summed E-state index contributed by atoms with van der Waals surface area (Å²) in [7, 11) is 0. The fourth-order valence-corrected chi connectivity index (χ4v) is 3.09. The van der Waals surface area contributed by atoms with E-state index in [-0.39, 0.29) is 0 Å². The van der Waals surface area contributed by atoms with Gasteiger partial charge in [-0.15, -0.1) is 0 Å². The van der Waals surface area contributed by atoms with Crippen molar-refractivity contribution >= 4 is 44.3 Å². The summed E-state index contributed by atoms with van der Waals surface area (Å²) >= 11 is 6.85. The molecule has 4 rings (SSSR count). The quantitative estimate of drug-likeness (QED) is 0.216. The van der Waals surface area contributed by atoms with Gasteiger partial charge in [0.2, 0.25) is 0 Å². The molecule has 0 radical (unpaired) electrons. The molecule has 0 saturated carbocycles. The van der Waals surface area contributed by atoms with Gasteiger partial charge in [-0.3, -0.25) is 0 Å². The standard InChI is InChI=1S/C22H14Br2N2O2/c23-17-5-1-15(2-6-17)21-11-9-19(27-21)13-25-26-14-20-10-12-22(28-20)16-3-7-18(24)8-4-16/h1-14H. The van der Waals surface area contributed by atoms with E-state index in [9.17, 15) is 0 Å². The lowest BCUT2D eigenvalue weighted by atomic mass is 10.2. The number of nitrogens with zero attached hydrogens (tertiary/aromatic N) is 2. The Kier molecular flexibility index (Phi) is 5.69. The molecule has 0 atom stereocenters. The Labute approximate surface area is 178 Å². The number of furan rings is 2. The zero-order chi connectivity index (χ0) is 19.3. The highest BCUT2D eigenvalue weighted by atomic mass is 79.9. The smallest absolute Gasteiger partial charge is 0.147 e. The topological polar surface area (TPSA) is 51.0 Å². The Bertz CT molecular complexity index is 1030. The van der Waals surface area contributed by atoms with Crippen LogP contribution >= 0.6 is 31.9 Å². The van der Waals surface area contributed by atoms with E-state index in [0.717, 1.165) is 31.6 Å². The lowest BCUT2D eigenvalue weighted by molar-refractivity contribution is 0.573. The van der Waals surface area contributed by atoms with Gasteiger partial charge in [-0.2, -0.15) is 10.2 Å². The second kappa shape index (κ2) is 8.54. The molecule has 0 spiro atoms. The zero-order valence-corrected chi connectivity index (χ0v) is 17.7. The predicted octanol–water partition coefficient (Wildman–Crippen LogP) is 7.18. The summed E-state index contributed by atoms with van der Waals surface area (Å²) in [6.45, 7) is 0. The first-order valence-electron chi connectivity index (χ1n) is 8.45. The molecule has 28 heavy (non-hydrogen) atoms. The predicted molar refractivity (Wildman–Crippen MR) is 119 cm³/mol. The van der Waals surface area contributed by atoms with Crippen LogP contribution in [-0.4, -0.2) is 12.4 Å². The van der Waals surface area contributed by atoms with Crippen LogP contribution in [0.3, 0.4) is 0 Å². The Morgan fingerprint density at radius 1 is 0.536 bits per heavy atom. The van der Waals surface area contributed by atoms with E-state index in [1.165, 1.54) is 0 Å². The van der Waals surface area contributed by atoms with Gasteiger partial charge < -0.3 is 8.83 Å². The Hall–Kier alpha value is -2.70. The zero-order valence-electron chi connectivity index (χ0n) is 14.5. The first-order valence-corrected chi connectivity index (χ1v) is 10.0. The molecular formula is C22H14Br2N2O2. The molecule has 0 unspecified atom stereocenters. The Morgan fingerprint density at radius 3 is 1.32 bits per heavy atom. The monoisotopic (exact) mass is 496 g/mol. The molecule has 4 nitrogen and oxygen atoms in total. The maximum atomic E-state index is 5.77. The molecule has 0 fully saturated rings. The fraction of sp³-hybridized carbons (Fsp3) is 0. The molecule has 0 amide bonds. The number of rotatable bonds is 5. The summed E-state index contributed by atoms with van der Waals surface area (Å²) in [6, 6.07) is 23.4. The lowest BCUT2D eigenvalue weighted by Crippen LogP contribution is -1.77. The van der Waals surface area contributed by atoms with Crippen molar-refractivity contribution in [2.24, 2.45) is 10.2 Å². The molecule has 0 aliphatic heterocycles. The second-order valence-corrected chi connectivity index (χ2v) is 7.74. The van der Waals surface area contributed by atoms with E-state index >= 15 is 0 Å². The molecular weight excluding hydrogens is 484 g/mol. The average Bonchev–Trinajstić information content (AvgIpc) is 3.36. The largest absolute Gasteiger partial charge is 0.455 e. The van der Waals surface area contributed by atoms with Crippen LogP contribution in [0, 0.1) is 0 Å². The van der Waals surface area contributed by atoms with Gasteiger partial charge in [-0.25, -0.2) is 0 Å². The van der Waals surface area contributed by atoms with Crippen molar-refractivity contribution in [2.75, 3.05) is 0 Å². The SMILES string of the molecule is Brc1ccc(-c2ccc(C=NN=Cc3ccc(-c4ccc(Br)cc4)o3)o2)cc1. The molecule has 138 valence electrons. The van der Waals surface area contributed by atoms with Gasteiger partial charge in [0, 0.05) is 20.1 Å². The normalized spacial score (nSPS) is 11.6. The molecule has 0 aliphatic carbocycles. The van der Waals surface area contributed by atoms with Gasteiger partial charge in [0.1, 0.15) is 23.0 Å². The fourth-order valence-electron chi connectivity index (χ4n) is 2.56. The lowest BCUT2D eigenvalue weighted by Gasteiger charge is -1.96. The summed E-state index contributed by atoms with van der Waals surface area (Å²) in [6.07, 6.45) is 3.13. The van der Waals surface area contributed by atoms with E-state index in [1.807, 2.05) is 72.8 Å². The van der Waals surface area contributed by atoms with Crippen LogP contribution in [-0.2, 0) is 0 Å². The van der Waals surface area contributed by atoms with Gasteiger partial charge in [-0.05, 0) is 48.5 Å². The van der Waals surface area contributed by atoms with E-state index in [0.29, 0.717) is 11.5 Å². The van der Waals surface area contributed by atoms with Crippen LogP contribution in [0.5, 0.6) is 0 Å². The molecule has 0 bridgehead atoms. The van der Waals surface area contributed by atoms with E-state index in [4.69, 9.17) is 8.83 Å². The molecule has 0 aliphatic rings. The number of hydrogen-bond acceptors (Lipinski definition) is 4. The highest BCUT2D eigenvalue weighted by molar-refractivity contribution is 9.10.